The van der Waals surface area contributed by atoms with Gasteiger partial charge in [-0.25, -0.2) is 0 Å². The fourth-order valence-corrected chi connectivity index (χ4v) is 3.12. The van der Waals surface area contributed by atoms with Gasteiger partial charge in [-0.2, -0.15) is 0 Å². The van der Waals surface area contributed by atoms with Crippen LogP contribution < -0.4 is 10.6 Å². The quantitative estimate of drug-likeness (QED) is 0.847. The second-order valence-corrected chi connectivity index (χ2v) is 6.16. The number of para-hydroxylation sites is 1. The number of hydrogen-bond acceptors (Lipinski definition) is 3. The van der Waals surface area contributed by atoms with E-state index in [4.69, 9.17) is 5.73 Å². The van der Waals surface area contributed by atoms with E-state index in [1.54, 1.807) is 0 Å². The van der Waals surface area contributed by atoms with Gasteiger partial charge in [-0.15, -0.1) is 24.8 Å². The Kier molecular flexibility index (Phi) is 10.5. The molecule has 2 N–H and O–H groups in total. The highest BCUT2D eigenvalue weighted by atomic mass is 35.5. The van der Waals surface area contributed by atoms with Crippen molar-refractivity contribution < 1.29 is 4.79 Å². The van der Waals surface area contributed by atoms with Gasteiger partial charge in [-0.05, 0) is 51.5 Å². The Morgan fingerprint density at radius 2 is 1.78 bits per heavy atom. The summed E-state index contributed by atoms with van der Waals surface area (Å²) in [6.45, 7) is 2.21. The number of anilines is 1. The van der Waals surface area contributed by atoms with Crippen LogP contribution in [-0.4, -0.2) is 44.5 Å². The average molecular weight is 362 g/mol. The molecule has 1 aromatic rings. The topological polar surface area (TPSA) is 49.6 Å². The summed E-state index contributed by atoms with van der Waals surface area (Å²) < 4.78 is 0. The Balaban J connectivity index is 0.00000242. The molecule has 0 unspecified atom stereocenters. The molecule has 2 rings (SSSR count). The van der Waals surface area contributed by atoms with Gasteiger partial charge in [-0.3, -0.25) is 4.79 Å². The summed E-state index contributed by atoms with van der Waals surface area (Å²) in [7, 11) is 4.07. The van der Waals surface area contributed by atoms with Crippen LogP contribution >= 0.6 is 24.8 Å². The number of carbonyl (C=O) groups excluding carboxylic acids is 1. The molecule has 23 heavy (non-hydrogen) atoms. The van der Waals surface area contributed by atoms with Gasteiger partial charge in [0.2, 0.25) is 5.91 Å². The Morgan fingerprint density at radius 3 is 2.35 bits per heavy atom. The van der Waals surface area contributed by atoms with Crippen LogP contribution in [0.2, 0.25) is 0 Å². The van der Waals surface area contributed by atoms with E-state index in [2.05, 4.69) is 4.90 Å². The maximum atomic E-state index is 13.0. The Morgan fingerprint density at radius 1 is 1.13 bits per heavy atom. The van der Waals surface area contributed by atoms with Crippen LogP contribution in [0.25, 0.3) is 0 Å². The maximum Gasteiger partial charge on any atom is 0.230 e. The Bertz CT molecular complexity index is 456. The highest BCUT2D eigenvalue weighted by molar-refractivity contribution is 5.95. The van der Waals surface area contributed by atoms with E-state index in [0.717, 1.165) is 38.0 Å². The molecule has 132 valence electrons. The second kappa shape index (κ2) is 10.9. The normalized spacial score (nSPS) is 19.8. The molecule has 1 aliphatic carbocycles. The number of benzene rings is 1. The van der Waals surface area contributed by atoms with Crippen molar-refractivity contribution in [2.45, 2.75) is 19.3 Å². The largest absolute Gasteiger partial charge is 0.330 e. The van der Waals surface area contributed by atoms with Crippen LogP contribution in [0, 0.1) is 11.8 Å². The molecule has 0 spiro atoms. The molecule has 1 aliphatic rings. The van der Waals surface area contributed by atoms with Crippen molar-refractivity contribution in [3.63, 3.8) is 0 Å². The third kappa shape index (κ3) is 5.96. The van der Waals surface area contributed by atoms with Crippen molar-refractivity contribution in [2.24, 2.45) is 17.6 Å². The first-order valence-corrected chi connectivity index (χ1v) is 7.84. The first-order valence-electron chi connectivity index (χ1n) is 7.84. The molecule has 0 radical (unpaired) electrons. The standard InChI is InChI=1S/C17H27N3O.2ClH/c1-19(2)11-12-20(15-8-4-3-5-9-15)17(21)16-10-6-7-14(16)13-18;;/h3-5,8-9,14,16H,6-7,10-13,18H2,1-2H3;2*1H/t14-,16-;;/m1../s1. The van der Waals surface area contributed by atoms with E-state index in [1.165, 1.54) is 0 Å². The zero-order chi connectivity index (χ0) is 15.2. The minimum atomic E-state index is 0. The van der Waals surface area contributed by atoms with E-state index in [-0.39, 0.29) is 36.6 Å². The predicted octanol–water partition coefficient (Wildman–Crippen LogP) is 2.80. The fraction of sp³-hybridized carbons (Fsp3) is 0.588. The van der Waals surface area contributed by atoms with Crippen LogP contribution in [0.4, 0.5) is 5.69 Å². The van der Waals surface area contributed by atoms with E-state index < -0.39 is 0 Å². The van der Waals surface area contributed by atoms with Gasteiger partial charge in [0.1, 0.15) is 0 Å². The van der Waals surface area contributed by atoms with Crippen molar-refractivity contribution >= 4 is 36.4 Å². The SMILES string of the molecule is CN(C)CCN(C(=O)[C@@H]1CCC[C@@H]1CN)c1ccccc1.Cl.Cl. The third-order valence-electron chi connectivity index (χ3n) is 4.38. The lowest BCUT2D eigenvalue weighted by Gasteiger charge is -2.29. The molecule has 4 nitrogen and oxygen atoms in total. The molecule has 6 heteroatoms. The number of halogens is 2. The van der Waals surface area contributed by atoms with E-state index >= 15 is 0 Å². The lowest BCUT2D eigenvalue weighted by atomic mass is 9.94. The van der Waals surface area contributed by atoms with Gasteiger partial charge in [0.25, 0.3) is 0 Å². The summed E-state index contributed by atoms with van der Waals surface area (Å²) in [6.07, 6.45) is 3.18. The molecule has 1 amide bonds. The maximum absolute atomic E-state index is 13.0. The van der Waals surface area contributed by atoms with Crippen LogP contribution in [-0.2, 0) is 4.79 Å². The van der Waals surface area contributed by atoms with E-state index in [9.17, 15) is 4.79 Å². The summed E-state index contributed by atoms with van der Waals surface area (Å²) in [6, 6.07) is 9.98. The monoisotopic (exact) mass is 361 g/mol. The van der Waals surface area contributed by atoms with Crippen molar-refractivity contribution in [3.05, 3.63) is 30.3 Å². The number of nitrogens with zero attached hydrogens (tertiary/aromatic N) is 2. The second-order valence-electron chi connectivity index (χ2n) is 6.16. The number of hydrogen-bond donors (Lipinski definition) is 1. The molecule has 1 fully saturated rings. The van der Waals surface area contributed by atoms with Crippen molar-refractivity contribution in [3.8, 4) is 0 Å². The molecular weight excluding hydrogens is 333 g/mol. The number of amides is 1. The Labute approximate surface area is 152 Å². The summed E-state index contributed by atoms with van der Waals surface area (Å²) in [4.78, 5) is 17.0. The lowest BCUT2D eigenvalue weighted by Crippen LogP contribution is -2.42. The molecule has 1 saturated carbocycles. The number of carbonyl (C=O) groups is 1. The Hall–Kier alpha value is -0.810. The van der Waals surface area contributed by atoms with Gasteiger partial charge in [0.15, 0.2) is 0 Å². The van der Waals surface area contributed by atoms with Crippen molar-refractivity contribution in [2.75, 3.05) is 38.6 Å². The summed E-state index contributed by atoms with van der Waals surface area (Å²) in [5.41, 5.74) is 6.84. The minimum absolute atomic E-state index is 0. The van der Waals surface area contributed by atoms with E-state index in [0.29, 0.717) is 12.5 Å². The number of likely N-dealkylation sites (N-methyl/N-ethyl adjacent to an activating group) is 1. The predicted molar refractivity (Wildman–Crippen MR) is 102 cm³/mol. The van der Waals surface area contributed by atoms with Crippen LogP contribution in [0.3, 0.4) is 0 Å². The first kappa shape index (κ1) is 22.2. The number of nitrogens with two attached hydrogens (primary N) is 1. The third-order valence-corrected chi connectivity index (χ3v) is 4.38. The van der Waals surface area contributed by atoms with Crippen molar-refractivity contribution in [1.82, 2.24) is 4.90 Å². The molecule has 0 saturated heterocycles. The minimum Gasteiger partial charge on any atom is -0.330 e. The zero-order valence-corrected chi connectivity index (χ0v) is 15.6. The highest BCUT2D eigenvalue weighted by Crippen LogP contribution is 2.33. The van der Waals surface area contributed by atoms with Gasteiger partial charge < -0.3 is 15.5 Å². The van der Waals surface area contributed by atoms with Gasteiger partial charge >= 0.3 is 0 Å². The number of rotatable bonds is 6. The molecule has 0 aliphatic heterocycles. The molecule has 2 atom stereocenters. The molecule has 0 bridgehead atoms. The summed E-state index contributed by atoms with van der Waals surface area (Å²) in [5.74, 6) is 0.691. The first-order chi connectivity index (χ1) is 10.1. The highest BCUT2D eigenvalue weighted by Gasteiger charge is 2.35. The molecular formula is C17H29Cl2N3O. The summed E-state index contributed by atoms with van der Waals surface area (Å²) >= 11 is 0. The van der Waals surface area contributed by atoms with E-state index in [1.807, 2.05) is 49.3 Å². The zero-order valence-electron chi connectivity index (χ0n) is 14.0. The smallest absolute Gasteiger partial charge is 0.230 e. The van der Waals surface area contributed by atoms with Crippen LogP contribution in [0.15, 0.2) is 30.3 Å². The van der Waals surface area contributed by atoms with Crippen molar-refractivity contribution in [1.29, 1.82) is 0 Å². The van der Waals surface area contributed by atoms with Crippen LogP contribution in [0.5, 0.6) is 0 Å². The average Bonchev–Trinajstić information content (AvgIpc) is 2.96. The summed E-state index contributed by atoms with van der Waals surface area (Å²) in [5, 5.41) is 0. The fourth-order valence-electron chi connectivity index (χ4n) is 3.12. The van der Waals surface area contributed by atoms with Gasteiger partial charge in [0.05, 0.1) is 0 Å². The molecule has 1 aromatic carbocycles. The van der Waals surface area contributed by atoms with Gasteiger partial charge in [0, 0.05) is 24.7 Å². The lowest BCUT2D eigenvalue weighted by molar-refractivity contribution is -0.123. The molecule has 0 heterocycles. The van der Waals surface area contributed by atoms with Gasteiger partial charge in [-0.1, -0.05) is 24.6 Å². The molecule has 0 aromatic heterocycles. The van der Waals surface area contributed by atoms with Crippen LogP contribution in [0.1, 0.15) is 19.3 Å².